The van der Waals surface area contributed by atoms with Crippen LogP contribution in [0, 0.1) is 5.92 Å². The topological polar surface area (TPSA) is 113 Å². The zero-order valence-electron chi connectivity index (χ0n) is 15.2. The fourth-order valence-electron chi connectivity index (χ4n) is 3.33. The summed E-state index contributed by atoms with van der Waals surface area (Å²) < 4.78 is 5.50. The first-order chi connectivity index (χ1) is 12.8. The number of carboxylic acids is 1. The molecular formula is C19H22N2O6. The molecule has 1 aromatic rings. The van der Waals surface area contributed by atoms with Gasteiger partial charge in [0.25, 0.3) is 17.7 Å². The number of ether oxygens (including phenoxy) is 1. The van der Waals surface area contributed by atoms with Gasteiger partial charge >= 0.3 is 5.97 Å². The van der Waals surface area contributed by atoms with E-state index in [1.807, 2.05) is 0 Å². The van der Waals surface area contributed by atoms with Gasteiger partial charge in [-0.15, -0.1) is 0 Å². The van der Waals surface area contributed by atoms with E-state index in [0.717, 1.165) is 17.7 Å². The highest BCUT2D eigenvalue weighted by Gasteiger charge is 2.38. The van der Waals surface area contributed by atoms with Gasteiger partial charge in [-0.3, -0.25) is 19.3 Å². The van der Waals surface area contributed by atoms with Crippen LogP contribution in [0.25, 0.3) is 0 Å². The Morgan fingerprint density at radius 1 is 1.26 bits per heavy atom. The lowest BCUT2D eigenvalue weighted by Gasteiger charge is -2.18. The molecule has 0 saturated carbocycles. The minimum absolute atomic E-state index is 0.140. The Hall–Kier alpha value is -2.74. The second-order valence-electron chi connectivity index (χ2n) is 7.15. The van der Waals surface area contributed by atoms with E-state index in [0.29, 0.717) is 6.61 Å². The fourth-order valence-corrected chi connectivity index (χ4v) is 3.33. The van der Waals surface area contributed by atoms with Crippen LogP contribution in [-0.2, 0) is 9.53 Å². The molecule has 2 aliphatic rings. The van der Waals surface area contributed by atoms with E-state index in [2.05, 4.69) is 5.32 Å². The fraction of sp³-hybridized carbons (Fsp3) is 0.474. The molecule has 2 N–H and O–H groups in total. The number of aliphatic carboxylic acids is 1. The van der Waals surface area contributed by atoms with E-state index >= 15 is 0 Å². The molecule has 1 fully saturated rings. The first kappa shape index (κ1) is 19.0. The number of benzene rings is 1. The Bertz CT molecular complexity index is 797. The Balaban J connectivity index is 1.78. The highest BCUT2D eigenvalue weighted by Crippen LogP contribution is 2.26. The summed E-state index contributed by atoms with van der Waals surface area (Å²) in [5.74, 6) is -2.89. The van der Waals surface area contributed by atoms with Gasteiger partial charge in [0.15, 0.2) is 0 Å². The largest absolute Gasteiger partial charge is 0.480 e. The van der Waals surface area contributed by atoms with Crippen molar-refractivity contribution in [2.24, 2.45) is 5.92 Å². The standard InChI is InChI=1S/C19H22N2O6/c1-10(2)15(19(25)26)20-16(22)11-5-6-13-14(8-11)18(24)21(17(13)23)9-12-4-3-7-27-12/h5-6,8,10,12,15H,3-4,7,9H2,1-2H3,(H,20,22)(H,25,26)/t12?,15-/m0/s1. The van der Waals surface area contributed by atoms with Crippen molar-refractivity contribution < 1.29 is 29.0 Å². The molecule has 27 heavy (non-hydrogen) atoms. The number of amides is 3. The molecule has 1 saturated heterocycles. The quantitative estimate of drug-likeness (QED) is 0.726. The minimum Gasteiger partial charge on any atom is -0.480 e. The van der Waals surface area contributed by atoms with E-state index in [4.69, 9.17) is 4.74 Å². The van der Waals surface area contributed by atoms with E-state index in [1.54, 1.807) is 13.8 Å². The monoisotopic (exact) mass is 374 g/mol. The van der Waals surface area contributed by atoms with Gasteiger partial charge in [0.05, 0.1) is 23.8 Å². The third kappa shape index (κ3) is 3.71. The predicted molar refractivity (Wildman–Crippen MR) is 94.5 cm³/mol. The van der Waals surface area contributed by atoms with Gasteiger partial charge < -0.3 is 15.2 Å². The Kier molecular flexibility index (Phi) is 5.27. The molecule has 8 heteroatoms. The molecule has 0 bridgehead atoms. The summed E-state index contributed by atoms with van der Waals surface area (Å²) in [5.41, 5.74) is 0.538. The molecule has 3 rings (SSSR count). The van der Waals surface area contributed by atoms with Crippen LogP contribution < -0.4 is 5.32 Å². The van der Waals surface area contributed by atoms with E-state index < -0.39 is 29.7 Å². The highest BCUT2D eigenvalue weighted by atomic mass is 16.5. The number of nitrogens with zero attached hydrogens (tertiary/aromatic N) is 1. The van der Waals surface area contributed by atoms with Crippen LogP contribution >= 0.6 is 0 Å². The van der Waals surface area contributed by atoms with Gasteiger partial charge in [-0.1, -0.05) is 13.8 Å². The van der Waals surface area contributed by atoms with Crippen molar-refractivity contribution in [2.45, 2.75) is 38.8 Å². The van der Waals surface area contributed by atoms with Crippen molar-refractivity contribution in [1.29, 1.82) is 0 Å². The number of carbonyl (C=O) groups excluding carboxylic acids is 3. The first-order valence-electron chi connectivity index (χ1n) is 8.95. The summed E-state index contributed by atoms with van der Waals surface area (Å²) >= 11 is 0. The first-order valence-corrected chi connectivity index (χ1v) is 8.95. The summed E-state index contributed by atoms with van der Waals surface area (Å²) in [6.07, 6.45) is 1.54. The molecule has 0 aromatic heterocycles. The van der Waals surface area contributed by atoms with Gasteiger partial charge in [-0.05, 0) is 37.0 Å². The molecule has 0 spiro atoms. The van der Waals surface area contributed by atoms with E-state index in [1.165, 1.54) is 18.2 Å². The molecule has 1 aromatic carbocycles. The van der Waals surface area contributed by atoms with Crippen LogP contribution in [0.5, 0.6) is 0 Å². The van der Waals surface area contributed by atoms with E-state index in [-0.39, 0.29) is 35.3 Å². The Labute approximate surface area is 156 Å². The maximum Gasteiger partial charge on any atom is 0.326 e. The summed E-state index contributed by atoms with van der Waals surface area (Å²) in [5, 5.41) is 11.7. The maximum atomic E-state index is 12.6. The summed E-state index contributed by atoms with van der Waals surface area (Å²) in [4.78, 5) is 50.0. The van der Waals surface area contributed by atoms with Crippen molar-refractivity contribution in [3.63, 3.8) is 0 Å². The molecule has 2 heterocycles. The average Bonchev–Trinajstić information content (AvgIpc) is 3.22. The number of hydrogen-bond acceptors (Lipinski definition) is 5. The summed E-state index contributed by atoms with van der Waals surface area (Å²) in [7, 11) is 0. The lowest BCUT2D eigenvalue weighted by Crippen LogP contribution is -2.44. The third-order valence-electron chi connectivity index (χ3n) is 4.86. The highest BCUT2D eigenvalue weighted by molar-refractivity contribution is 6.22. The van der Waals surface area contributed by atoms with Gasteiger partial charge in [-0.25, -0.2) is 4.79 Å². The van der Waals surface area contributed by atoms with Gasteiger partial charge in [0.2, 0.25) is 0 Å². The average molecular weight is 374 g/mol. The smallest absolute Gasteiger partial charge is 0.326 e. The zero-order chi connectivity index (χ0) is 19.7. The third-order valence-corrected chi connectivity index (χ3v) is 4.86. The molecule has 1 unspecified atom stereocenters. The van der Waals surface area contributed by atoms with Crippen molar-refractivity contribution in [2.75, 3.05) is 13.2 Å². The summed E-state index contributed by atoms with van der Waals surface area (Å²) in [6.45, 7) is 4.20. The molecule has 0 aliphatic carbocycles. The zero-order valence-corrected chi connectivity index (χ0v) is 15.2. The maximum absolute atomic E-state index is 12.6. The van der Waals surface area contributed by atoms with Crippen LogP contribution in [0.2, 0.25) is 0 Å². The van der Waals surface area contributed by atoms with Crippen molar-refractivity contribution in [1.82, 2.24) is 10.2 Å². The number of hydrogen-bond donors (Lipinski definition) is 2. The van der Waals surface area contributed by atoms with Gasteiger partial charge in [0, 0.05) is 12.2 Å². The minimum atomic E-state index is -1.13. The molecule has 2 atom stereocenters. The predicted octanol–water partition coefficient (Wildman–Crippen LogP) is 1.30. The molecule has 0 radical (unpaired) electrons. The van der Waals surface area contributed by atoms with Crippen LogP contribution in [0.1, 0.15) is 57.8 Å². The van der Waals surface area contributed by atoms with Crippen LogP contribution in [0.15, 0.2) is 18.2 Å². The lowest BCUT2D eigenvalue weighted by atomic mass is 10.0. The number of nitrogens with one attached hydrogen (secondary N) is 1. The molecule has 8 nitrogen and oxygen atoms in total. The molecular weight excluding hydrogens is 352 g/mol. The second-order valence-corrected chi connectivity index (χ2v) is 7.15. The Morgan fingerprint density at radius 3 is 2.56 bits per heavy atom. The number of carboxylic acid groups (broad SMARTS) is 1. The number of carbonyl (C=O) groups is 4. The normalized spacial score (nSPS) is 20.1. The number of fused-ring (bicyclic) bond motifs is 1. The van der Waals surface area contributed by atoms with Gasteiger partial charge in [0.1, 0.15) is 6.04 Å². The summed E-state index contributed by atoms with van der Waals surface area (Å²) in [6, 6.07) is 3.16. The van der Waals surface area contributed by atoms with E-state index in [9.17, 15) is 24.3 Å². The molecule has 3 amide bonds. The molecule has 2 aliphatic heterocycles. The Morgan fingerprint density at radius 2 is 1.96 bits per heavy atom. The number of imide groups is 1. The van der Waals surface area contributed by atoms with Crippen molar-refractivity contribution in [3.8, 4) is 0 Å². The van der Waals surface area contributed by atoms with Crippen molar-refractivity contribution in [3.05, 3.63) is 34.9 Å². The van der Waals surface area contributed by atoms with Crippen LogP contribution in [-0.4, -0.2) is 59.0 Å². The second kappa shape index (κ2) is 7.48. The van der Waals surface area contributed by atoms with Crippen molar-refractivity contribution >= 4 is 23.7 Å². The lowest BCUT2D eigenvalue weighted by molar-refractivity contribution is -0.140. The number of rotatable bonds is 6. The SMILES string of the molecule is CC(C)[C@H](NC(=O)c1ccc2c(c1)C(=O)N(CC1CCCO1)C2=O)C(=O)O. The van der Waals surface area contributed by atoms with Crippen LogP contribution in [0.3, 0.4) is 0 Å². The van der Waals surface area contributed by atoms with Gasteiger partial charge in [-0.2, -0.15) is 0 Å². The molecule has 144 valence electrons. The van der Waals surface area contributed by atoms with Crippen LogP contribution in [0.4, 0.5) is 0 Å².